The van der Waals surface area contributed by atoms with E-state index in [2.05, 4.69) is 28.7 Å². The quantitative estimate of drug-likeness (QED) is 0.719. The van der Waals surface area contributed by atoms with E-state index in [9.17, 15) is 0 Å². The molecule has 0 aliphatic carbocycles. The number of hydrogen-bond acceptors (Lipinski definition) is 4. The largest absolute Gasteiger partial charge is 0.477 e. The van der Waals surface area contributed by atoms with Gasteiger partial charge < -0.3 is 9.64 Å². The number of ether oxygens (including phenoxy) is 1. The van der Waals surface area contributed by atoms with Crippen molar-refractivity contribution in [1.82, 2.24) is 9.97 Å². The Kier molecular flexibility index (Phi) is 5.32. The molecule has 1 heterocycles. The van der Waals surface area contributed by atoms with Gasteiger partial charge in [-0.05, 0) is 20.8 Å². The number of aromatic nitrogens is 2. The summed E-state index contributed by atoms with van der Waals surface area (Å²) in [5.41, 5.74) is 0. The lowest BCUT2D eigenvalue weighted by Crippen LogP contribution is -2.33. The highest BCUT2D eigenvalue weighted by Gasteiger charge is 2.12. The molecule has 0 bridgehead atoms. The number of nitrogens with zero attached hydrogens (tertiary/aromatic N) is 3. The topological polar surface area (TPSA) is 38.2 Å². The molecule has 1 rings (SSSR count). The monoisotopic (exact) mass is 243 g/mol. The first kappa shape index (κ1) is 13.0. The van der Waals surface area contributed by atoms with Crippen LogP contribution in [0.15, 0.2) is 12.4 Å². The third kappa shape index (κ3) is 3.52. The van der Waals surface area contributed by atoms with Crippen LogP contribution in [0.3, 0.4) is 0 Å². The average molecular weight is 244 g/mol. The maximum Gasteiger partial charge on any atom is 0.234 e. The van der Waals surface area contributed by atoms with E-state index in [0.717, 1.165) is 12.4 Å². The second kappa shape index (κ2) is 6.53. The Balaban J connectivity index is 2.86. The van der Waals surface area contributed by atoms with E-state index < -0.39 is 0 Å². The standard InChI is InChI=1S/C11H18ClN3O/c1-4-16-11-8-13-7-10(14-11)15(6-5-12)9(2)3/h7-9H,4-6H2,1-3H3. The summed E-state index contributed by atoms with van der Waals surface area (Å²) in [7, 11) is 0. The molecule has 90 valence electrons. The van der Waals surface area contributed by atoms with Gasteiger partial charge in [0.25, 0.3) is 0 Å². The smallest absolute Gasteiger partial charge is 0.234 e. The third-order valence-electron chi connectivity index (χ3n) is 2.13. The van der Waals surface area contributed by atoms with Gasteiger partial charge in [0.2, 0.25) is 5.88 Å². The van der Waals surface area contributed by atoms with Crippen LogP contribution in [0.25, 0.3) is 0 Å². The molecule has 0 fully saturated rings. The van der Waals surface area contributed by atoms with Gasteiger partial charge in [0.15, 0.2) is 5.82 Å². The molecule has 0 spiro atoms. The Morgan fingerprint density at radius 3 is 2.75 bits per heavy atom. The van der Waals surface area contributed by atoms with Crippen LogP contribution in [0.1, 0.15) is 20.8 Å². The van der Waals surface area contributed by atoms with Gasteiger partial charge in [0.1, 0.15) is 0 Å². The number of anilines is 1. The molecule has 0 amide bonds. The van der Waals surface area contributed by atoms with Crippen molar-refractivity contribution in [1.29, 1.82) is 0 Å². The summed E-state index contributed by atoms with van der Waals surface area (Å²) >= 11 is 5.77. The zero-order valence-corrected chi connectivity index (χ0v) is 10.7. The highest BCUT2D eigenvalue weighted by molar-refractivity contribution is 6.18. The van der Waals surface area contributed by atoms with Crippen LogP contribution in [-0.4, -0.2) is 35.0 Å². The molecular weight excluding hydrogens is 226 g/mol. The van der Waals surface area contributed by atoms with E-state index in [4.69, 9.17) is 16.3 Å². The molecule has 0 saturated carbocycles. The molecule has 0 aromatic carbocycles. The molecule has 0 aliphatic heterocycles. The summed E-state index contributed by atoms with van der Waals surface area (Å²) in [6.07, 6.45) is 3.35. The van der Waals surface area contributed by atoms with E-state index in [1.54, 1.807) is 12.4 Å². The van der Waals surface area contributed by atoms with Crippen molar-refractivity contribution in [2.45, 2.75) is 26.8 Å². The van der Waals surface area contributed by atoms with Crippen molar-refractivity contribution in [3.63, 3.8) is 0 Å². The van der Waals surface area contributed by atoms with Crippen LogP contribution < -0.4 is 9.64 Å². The average Bonchev–Trinajstić information content (AvgIpc) is 2.26. The fourth-order valence-corrected chi connectivity index (χ4v) is 1.60. The first-order chi connectivity index (χ1) is 7.69. The van der Waals surface area contributed by atoms with Crippen LogP contribution in [0.2, 0.25) is 0 Å². The fourth-order valence-electron chi connectivity index (χ4n) is 1.42. The van der Waals surface area contributed by atoms with E-state index in [1.165, 1.54) is 0 Å². The SMILES string of the molecule is CCOc1cncc(N(CCCl)C(C)C)n1. The van der Waals surface area contributed by atoms with Gasteiger partial charge in [0.05, 0.1) is 19.0 Å². The summed E-state index contributed by atoms with van der Waals surface area (Å²) in [6.45, 7) is 7.47. The zero-order chi connectivity index (χ0) is 12.0. The molecule has 0 aliphatic rings. The molecule has 1 aromatic heterocycles. The molecule has 0 unspecified atom stereocenters. The Morgan fingerprint density at radius 1 is 1.44 bits per heavy atom. The molecule has 0 saturated heterocycles. The molecule has 5 heteroatoms. The van der Waals surface area contributed by atoms with Gasteiger partial charge in [-0.2, -0.15) is 4.98 Å². The van der Waals surface area contributed by atoms with Crippen molar-refractivity contribution in [2.24, 2.45) is 0 Å². The minimum atomic E-state index is 0.338. The minimum Gasteiger partial charge on any atom is -0.477 e. The van der Waals surface area contributed by atoms with E-state index in [-0.39, 0.29) is 0 Å². The van der Waals surface area contributed by atoms with Gasteiger partial charge in [-0.25, -0.2) is 0 Å². The molecule has 0 N–H and O–H groups in total. The molecule has 0 atom stereocenters. The van der Waals surface area contributed by atoms with Gasteiger partial charge in [0, 0.05) is 18.5 Å². The highest BCUT2D eigenvalue weighted by atomic mass is 35.5. The normalized spacial score (nSPS) is 10.6. The Morgan fingerprint density at radius 2 is 2.19 bits per heavy atom. The fraction of sp³-hybridized carbons (Fsp3) is 0.636. The van der Waals surface area contributed by atoms with Crippen LogP contribution in [0, 0.1) is 0 Å². The Hall–Kier alpha value is -1.03. The highest BCUT2D eigenvalue weighted by Crippen LogP contribution is 2.16. The summed E-state index contributed by atoms with van der Waals surface area (Å²) in [5, 5.41) is 0. The van der Waals surface area contributed by atoms with E-state index in [0.29, 0.717) is 24.4 Å². The van der Waals surface area contributed by atoms with Crippen LogP contribution in [-0.2, 0) is 0 Å². The zero-order valence-electron chi connectivity index (χ0n) is 9.98. The van der Waals surface area contributed by atoms with Crippen LogP contribution in [0.4, 0.5) is 5.82 Å². The summed E-state index contributed by atoms with van der Waals surface area (Å²) in [6, 6.07) is 0.338. The van der Waals surface area contributed by atoms with Crippen molar-refractivity contribution in [3.8, 4) is 5.88 Å². The van der Waals surface area contributed by atoms with Gasteiger partial charge >= 0.3 is 0 Å². The molecule has 1 aromatic rings. The predicted molar refractivity (Wildman–Crippen MR) is 66.4 cm³/mol. The maximum absolute atomic E-state index is 5.77. The Labute approximate surface area is 102 Å². The lowest BCUT2D eigenvalue weighted by molar-refractivity contribution is 0.325. The van der Waals surface area contributed by atoms with Gasteiger partial charge in [-0.1, -0.05) is 0 Å². The lowest BCUT2D eigenvalue weighted by atomic mass is 10.3. The number of rotatable bonds is 6. The summed E-state index contributed by atoms with van der Waals surface area (Å²) in [4.78, 5) is 10.6. The van der Waals surface area contributed by atoms with Gasteiger partial charge in [-0.3, -0.25) is 4.98 Å². The van der Waals surface area contributed by atoms with Crippen LogP contribution >= 0.6 is 11.6 Å². The van der Waals surface area contributed by atoms with E-state index in [1.807, 2.05) is 6.92 Å². The van der Waals surface area contributed by atoms with Crippen molar-refractivity contribution in [2.75, 3.05) is 23.9 Å². The molecule has 4 nitrogen and oxygen atoms in total. The van der Waals surface area contributed by atoms with Crippen molar-refractivity contribution < 1.29 is 4.74 Å². The van der Waals surface area contributed by atoms with E-state index >= 15 is 0 Å². The lowest BCUT2D eigenvalue weighted by Gasteiger charge is -2.26. The summed E-state index contributed by atoms with van der Waals surface area (Å²) in [5.74, 6) is 1.93. The van der Waals surface area contributed by atoms with Gasteiger partial charge in [-0.15, -0.1) is 11.6 Å². The minimum absolute atomic E-state index is 0.338. The first-order valence-electron chi connectivity index (χ1n) is 5.46. The second-order valence-corrected chi connectivity index (χ2v) is 4.00. The van der Waals surface area contributed by atoms with Crippen molar-refractivity contribution >= 4 is 17.4 Å². The first-order valence-corrected chi connectivity index (χ1v) is 6.00. The Bertz CT molecular complexity index is 320. The predicted octanol–water partition coefficient (Wildman–Crippen LogP) is 2.33. The number of alkyl halides is 1. The van der Waals surface area contributed by atoms with Crippen LogP contribution in [0.5, 0.6) is 5.88 Å². The number of halogens is 1. The molecule has 16 heavy (non-hydrogen) atoms. The second-order valence-electron chi connectivity index (χ2n) is 3.62. The molecule has 0 radical (unpaired) electrons. The molecular formula is C11H18ClN3O. The third-order valence-corrected chi connectivity index (χ3v) is 2.30. The van der Waals surface area contributed by atoms with Crippen molar-refractivity contribution in [3.05, 3.63) is 12.4 Å². The maximum atomic E-state index is 5.77. The number of hydrogen-bond donors (Lipinski definition) is 0. The summed E-state index contributed by atoms with van der Waals surface area (Å²) < 4.78 is 5.32.